The molecule has 2 atom stereocenters. The molecule has 3 fully saturated rings. The zero-order valence-corrected chi connectivity index (χ0v) is 13.5. The molecule has 0 aliphatic carbocycles. The summed E-state index contributed by atoms with van der Waals surface area (Å²) < 4.78 is 0. The SMILES string of the molecule is CC(C)c1ccc(N2CC3CCC(C2)N(C)C3)c(CO)c1. The Morgan fingerprint density at radius 3 is 2.67 bits per heavy atom. The van der Waals surface area contributed by atoms with Gasteiger partial charge in [0.2, 0.25) is 0 Å². The van der Waals surface area contributed by atoms with Gasteiger partial charge in [-0.15, -0.1) is 0 Å². The Labute approximate surface area is 128 Å². The molecule has 2 bridgehead atoms. The van der Waals surface area contributed by atoms with Crippen molar-refractivity contribution in [3.8, 4) is 0 Å². The van der Waals surface area contributed by atoms with E-state index in [1.807, 2.05) is 0 Å². The molecule has 0 aromatic heterocycles. The second kappa shape index (κ2) is 5.98. The van der Waals surface area contributed by atoms with Crippen LogP contribution in [0.15, 0.2) is 18.2 Å². The van der Waals surface area contributed by atoms with Gasteiger partial charge in [0, 0.05) is 36.9 Å². The first-order chi connectivity index (χ1) is 10.1. The van der Waals surface area contributed by atoms with Crippen LogP contribution in [0, 0.1) is 5.92 Å². The van der Waals surface area contributed by atoms with Crippen molar-refractivity contribution >= 4 is 5.69 Å². The molecule has 1 aromatic carbocycles. The van der Waals surface area contributed by atoms with E-state index >= 15 is 0 Å². The molecule has 0 radical (unpaired) electrons. The summed E-state index contributed by atoms with van der Waals surface area (Å²) in [5.74, 6) is 1.28. The van der Waals surface area contributed by atoms with E-state index in [0.29, 0.717) is 12.0 Å². The van der Waals surface area contributed by atoms with Gasteiger partial charge in [-0.1, -0.05) is 26.0 Å². The van der Waals surface area contributed by atoms with Crippen LogP contribution in [0.2, 0.25) is 0 Å². The van der Waals surface area contributed by atoms with Crippen LogP contribution >= 0.6 is 0 Å². The summed E-state index contributed by atoms with van der Waals surface area (Å²) in [6, 6.07) is 7.32. The molecule has 2 unspecified atom stereocenters. The van der Waals surface area contributed by atoms with Crippen molar-refractivity contribution in [1.82, 2.24) is 4.90 Å². The quantitative estimate of drug-likeness (QED) is 0.926. The van der Waals surface area contributed by atoms with Gasteiger partial charge in [0.1, 0.15) is 0 Å². The maximum atomic E-state index is 9.79. The molecular formula is C18H28N2O. The number of rotatable bonds is 3. The number of piperidine rings is 1. The highest BCUT2D eigenvalue weighted by molar-refractivity contribution is 5.56. The second-order valence-corrected chi connectivity index (χ2v) is 7.14. The molecule has 3 heteroatoms. The Morgan fingerprint density at radius 1 is 1.19 bits per heavy atom. The van der Waals surface area contributed by atoms with Crippen molar-refractivity contribution in [3.05, 3.63) is 29.3 Å². The lowest BCUT2D eigenvalue weighted by molar-refractivity contribution is 0.169. The van der Waals surface area contributed by atoms with E-state index < -0.39 is 0 Å². The highest BCUT2D eigenvalue weighted by Gasteiger charge is 2.33. The van der Waals surface area contributed by atoms with Gasteiger partial charge in [-0.25, -0.2) is 0 Å². The fraction of sp³-hybridized carbons (Fsp3) is 0.667. The lowest BCUT2D eigenvalue weighted by atomic mass is 9.96. The molecule has 1 aromatic rings. The average molecular weight is 288 g/mol. The van der Waals surface area contributed by atoms with Crippen LogP contribution in [0.5, 0.6) is 0 Å². The van der Waals surface area contributed by atoms with Crippen molar-refractivity contribution in [3.63, 3.8) is 0 Å². The number of anilines is 1. The van der Waals surface area contributed by atoms with Crippen LogP contribution in [-0.2, 0) is 6.61 Å². The third-order valence-electron chi connectivity index (χ3n) is 5.27. The smallest absolute Gasteiger partial charge is 0.0702 e. The Hall–Kier alpha value is -1.06. The number of aliphatic hydroxyl groups excluding tert-OH is 1. The first-order valence-electron chi connectivity index (χ1n) is 8.27. The first kappa shape index (κ1) is 14.9. The molecule has 3 aliphatic rings. The van der Waals surface area contributed by atoms with Gasteiger partial charge in [-0.3, -0.25) is 0 Å². The summed E-state index contributed by atoms with van der Waals surface area (Å²) in [5.41, 5.74) is 3.65. The van der Waals surface area contributed by atoms with Crippen molar-refractivity contribution < 1.29 is 5.11 Å². The molecule has 4 rings (SSSR count). The van der Waals surface area contributed by atoms with Crippen molar-refractivity contribution in [2.75, 3.05) is 31.6 Å². The molecule has 21 heavy (non-hydrogen) atoms. The molecular weight excluding hydrogens is 260 g/mol. The van der Waals surface area contributed by atoms with Crippen molar-refractivity contribution in [2.24, 2.45) is 5.92 Å². The highest BCUT2D eigenvalue weighted by Crippen LogP contribution is 2.32. The molecule has 0 saturated carbocycles. The van der Waals surface area contributed by atoms with Crippen LogP contribution in [0.3, 0.4) is 0 Å². The lowest BCUT2D eigenvalue weighted by Gasteiger charge is -2.32. The summed E-state index contributed by atoms with van der Waals surface area (Å²) in [6.07, 6.45) is 2.67. The number of aliphatic hydroxyl groups is 1. The minimum Gasteiger partial charge on any atom is -0.392 e. The Balaban J connectivity index is 1.89. The van der Waals surface area contributed by atoms with Gasteiger partial charge in [0.25, 0.3) is 0 Å². The summed E-state index contributed by atoms with van der Waals surface area (Å²) in [7, 11) is 2.26. The van der Waals surface area contributed by atoms with Crippen LogP contribution < -0.4 is 4.90 Å². The predicted molar refractivity (Wildman–Crippen MR) is 87.8 cm³/mol. The zero-order valence-electron chi connectivity index (χ0n) is 13.5. The number of nitrogens with zero attached hydrogens (tertiary/aromatic N) is 2. The van der Waals surface area contributed by atoms with Crippen LogP contribution in [0.4, 0.5) is 5.69 Å². The van der Waals surface area contributed by atoms with E-state index in [9.17, 15) is 5.11 Å². The van der Waals surface area contributed by atoms with E-state index in [-0.39, 0.29) is 6.61 Å². The molecule has 3 saturated heterocycles. The molecule has 1 N–H and O–H groups in total. The molecule has 0 spiro atoms. The summed E-state index contributed by atoms with van der Waals surface area (Å²) in [6.45, 7) is 8.00. The van der Waals surface area contributed by atoms with E-state index in [2.05, 4.69) is 48.9 Å². The molecule has 3 aliphatic heterocycles. The fourth-order valence-corrected chi connectivity index (χ4v) is 3.91. The van der Waals surface area contributed by atoms with Crippen LogP contribution in [0.25, 0.3) is 0 Å². The van der Waals surface area contributed by atoms with E-state index in [0.717, 1.165) is 24.6 Å². The van der Waals surface area contributed by atoms with E-state index in [1.165, 1.54) is 30.6 Å². The molecule has 3 nitrogen and oxygen atoms in total. The third-order valence-corrected chi connectivity index (χ3v) is 5.27. The minimum absolute atomic E-state index is 0.136. The standard InChI is InChI=1S/C18H28N2O/c1-13(2)15-5-7-18(16(8-15)12-21)20-10-14-4-6-17(11-20)19(3)9-14/h5,7-8,13-14,17,21H,4,6,9-12H2,1-3H3. The van der Waals surface area contributed by atoms with Gasteiger partial charge in [0.15, 0.2) is 0 Å². The fourth-order valence-electron chi connectivity index (χ4n) is 3.91. The number of hydrogen-bond acceptors (Lipinski definition) is 3. The van der Waals surface area contributed by atoms with Gasteiger partial charge in [0.05, 0.1) is 6.61 Å². The topological polar surface area (TPSA) is 26.7 Å². The minimum atomic E-state index is 0.136. The highest BCUT2D eigenvalue weighted by atomic mass is 16.3. The average Bonchev–Trinajstić information content (AvgIpc) is 2.77. The predicted octanol–water partition coefficient (Wildman–Crippen LogP) is 2.83. The number of likely N-dealkylation sites (N-methyl/N-ethyl adjacent to an activating group) is 1. The monoisotopic (exact) mass is 288 g/mol. The van der Waals surface area contributed by atoms with Gasteiger partial charge < -0.3 is 14.9 Å². The summed E-state index contributed by atoms with van der Waals surface area (Å²) >= 11 is 0. The van der Waals surface area contributed by atoms with Crippen LogP contribution in [0.1, 0.15) is 43.7 Å². The number of benzene rings is 1. The second-order valence-electron chi connectivity index (χ2n) is 7.14. The Bertz CT molecular complexity index is 500. The number of fused-ring (bicyclic) bond motifs is 4. The Kier molecular flexibility index (Phi) is 4.23. The summed E-state index contributed by atoms with van der Waals surface area (Å²) in [5, 5.41) is 9.79. The van der Waals surface area contributed by atoms with Crippen molar-refractivity contribution in [1.29, 1.82) is 0 Å². The maximum absolute atomic E-state index is 9.79. The maximum Gasteiger partial charge on any atom is 0.0702 e. The zero-order chi connectivity index (χ0) is 15.0. The van der Waals surface area contributed by atoms with Gasteiger partial charge >= 0.3 is 0 Å². The van der Waals surface area contributed by atoms with E-state index in [1.54, 1.807) is 0 Å². The molecule has 116 valence electrons. The van der Waals surface area contributed by atoms with Crippen molar-refractivity contribution in [2.45, 2.75) is 45.3 Å². The van der Waals surface area contributed by atoms with Gasteiger partial charge in [-0.2, -0.15) is 0 Å². The number of hydrogen-bond donors (Lipinski definition) is 1. The van der Waals surface area contributed by atoms with Crippen LogP contribution in [-0.4, -0.2) is 42.7 Å². The molecule has 3 heterocycles. The molecule has 0 amide bonds. The Morgan fingerprint density at radius 2 is 2.00 bits per heavy atom. The third kappa shape index (κ3) is 2.95. The normalized spacial score (nSPS) is 26.4. The first-order valence-corrected chi connectivity index (χ1v) is 8.27. The van der Waals surface area contributed by atoms with E-state index in [4.69, 9.17) is 0 Å². The largest absolute Gasteiger partial charge is 0.392 e. The summed E-state index contributed by atoms with van der Waals surface area (Å²) in [4.78, 5) is 5.04. The van der Waals surface area contributed by atoms with Gasteiger partial charge in [-0.05, 0) is 43.4 Å². The lowest BCUT2D eigenvalue weighted by Crippen LogP contribution is -2.41.